The number of nitrogens with one attached hydrogen (secondary N) is 1. The van der Waals surface area contributed by atoms with E-state index in [2.05, 4.69) is 34.2 Å². The molecular weight excluding hydrogens is 412 g/mol. The normalized spacial score (nSPS) is 12.8. The molecule has 0 unspecified atom stereocenters. The fraction of sp³-hybridized carbons (Fsp3) is 0.148. The van der Waals surface area contributed by atoms with Gasteiger partial charge in [-0.05, 0) is 56.0 Å². The van der Waals surface area contributed by atoms with Gasteiger partial charge >= 0.3 is 0 Å². The van der Waals surface area contributed by atoms with Crippen molar-refractivity contribution in [3.8, 4) is 5.69 Å². The van der Waals surface area contributed by atoms with Crippen molar-refractivity contribution in [2.45, 2.75) is 20.8 Å². The molecule has 1 aliphatic heterocycles. The van der Waals surface area contributed by atoms with Crippen molar-refractivity contribution in [1.29, 1.82) is 0 Å². The van der Waals surface area contributed by atoms with Crippen LogP contribution in [0.15, 0.2) is 71.8 Å². The summed E-state index contributed by atoms with van der Waals surface area (Å²) in [7, 11) is 0. The van der Waals surface area contributed by atoms with E-state index < -0.39 is 0 Å². The van der Waals surface area contributed by atoms with Crippen LogP contribution >= 0.6 is 0 Å². The summed E-state index contributed by atoms with van der Waals surface area (Å²) in [5.41, 5.74) is 9.31. The van der Waals surface area contributed by atoms with Gasteiger partial charge in [-0.25, -0.2) is 5.43 Å². The molecule has 5 rings (SSSR count). The van der Waals surface area contributed by atoms with E-state index in [0.29, 0.717) is 5.56 Å². The molecule has 0 spiro atoms. The molecule has 33 heavy (non-hydrogen) atoms. The molecule has 3 aromatic carbocycles. The standard InChI is InChI=1S/C27H24N4O2/c1-17-8-4-5-12-23(17)31-18(2)14-21(19(31)3)15-28-29-25(32)16-30-24-13-7-10-20-9-6-11-22(26(20)24)27(30)33/h4-15H,16H2,1-3H3,(H,29,32)/b28-15+. The highest BCUT2D eigenvalue weighted by atomic mass is 16.2. The molecule has 4 aromatic rings. The van der Waals surface area contributed by atoms with E-state index in [4.69, 9.17) is 0 Å². The SMILES string of the molecule is Cc1ccccc1-n1c(C)cc(/C=N/NC(=O)CN2C(=O)c3cccc4cccc2c34)c1C. The van der Waals surface area contributed by atoms with Crippen molar-refractivity contribution in [3.05, 3.63) is 94.8 Å². The zero-order chi connectivity index (χ0) is 23.1. The molecule has 2 heterocycles. The minimum atomic E-state index is -0.350. The Morgan fingerprint density at radius 1 is 0.970 bits per heavy atom. The number of carbonyl (C=O) groups is 2. The number of hydrogen-bond donors (Lipinski definition) is 1. The van der Waals surface area contributed by atoms with Crippen LogP contribution in [0.1, 0.15) is 32.9 Å². The molecule has 0 aliphatic carbocycles. The highest BCUT2D eigenvalue weighted by molar-refractivity contribution is 6.26. The molecule has 6 nitrogen and oxygen atoms in total. The van der Waals surface area contributed by atoms with Gasteiger partial charge in [0.15, 0.2) is 0 Å². The Morgan fingerprint density at radius 2 is 1.70 bits per heavy atom. The highest BCUT2D eigenvalue weighted by Gasteiger charge is 2.30. The first kappa shape index (κ1) is 20.7. The van der Waals surface area contributed by atoms with Gasteiger partial charge in [0.25, 0.3) is 11.8 Å². The van der Waals surface area contributed by atoms with Crippen molar-refractivity contribution in [2.75, 3.05) is 11.4 Å². The molecule has 164 valence electrons. The third kappa shape index (κ3) is 3.49. The van der Waals surface area contributed by atoms with Crippen molar-refractivity contribution in [1.82, 2.24) is 9.99 Å². The fourth-order valence-electron chi connectivity index (χ4n) is 4.59. The molecule has 2 amide bonds. The summed E-state index contributed by atoms with van der Waals surface area (Å²) in [6.07, 6.45) is 1.65. The first-order valence-corrected chi connectivity index (χ1v) is 10.9. The summed E-state index contributed by atoms with van der Waals surface area (Å²) < 4.78 is 2.18. The van der Waals surface area contributed by atoms with Gasteiger partial charge in [0, 0.05) is 33.6 Å². The second-order valence-corrected chi connectivity index (χ2v) is 8.31. The molecule has 1 aromatic heterocycles. The van der Waals surface area contributed by atoms with Crippen molar-refractivity contribution in [3.63, 3.8) is 0 Å². The Labute approximate surface area is 192 Å². The third-order valence-electron chi connectivity index (χ3n) is 6.17. The number of hydrazone groups is 1. The van der Waals surface area contributed by atoms with Gasteiger partial charge in [0.05, 0.1) is 11.9 Å². The molecule has 1 N–H and O–H groups in total. The lowest BCUT2D eigenvalue weighted by molar-refractivity contribution is -0.119. The summed E-state index contributed by atoms with van der Waals surface area (Å²) in [6.45, 7) is 6.07. The first-order chi connectivity index (χ1) is 16.0. The summed E-state index contributed by atoms with van der Waals surface area (Å²) in [4.78, 5) is 27.0. The zero-order valence-electron chi connectivity index (χ0n) is 18.8. The van der Waals surface area contributed by atoms with E-state index in [-0.39, 0.29) is 18.4 Å². The molecular formula is C27H24N4O2. The quantitative estimate of drug-likeness (QED) is 0.365. The van der Waals surface area contributed by atoms with Crippen LogP contribution in [0, 0.1) is 20.8 Å². The van der Waals surface area contributed by atoms with Gasteiger partial charge < -0.3 is 4.57 Å². The number of benzene rings is 3. The Kier molecular flexibility index (Phi) is 5.05. The lowest BCUT2D eigenvalue weighted by Crippen LogP contribution is -2.37. The number of aromatic nitrogens is 1. The second-order valence-electron chi connectivity index (χ2n) is 8.31. The smallest absolute Gasteiger partial charge is 0.260 e. The van der Waals surface area contributed by atoms with E-state index in [1.807, 2.05) is 62.4 Å². The monoisotopic (exact) mass is 436 g/mol. The van der Waals surface area contributed by atoms with Crippen LogP contribution in [-0.2, 0) is 4.79 Å². The van der Waals surface area contributed by atoms with E-state index in [9.17, 15) is 9.59 Å². The fourth-order valence-corrected chi connectivity index (χ4v) is 4.59. The number of carbonyl (C=O) groups excluding carboxylic acids is 2. The number of nitrogens with zero attached hydrogens (tertiary/aromatic N) is 3. The minimum absolute atomic E-state index is 0.0911. The van der Waals surface area contributed by atoms with Gasteiger partial charge in [-0.2, -0.15) is 5.10 Å². The predicted molar refractivity (Wildman–Crippen MR) is 131 cm³/mol. The third-order valence-corrected chi connectivity index (χ3v) is 6.17. The molecule has 0 saturated carbocycles. The minimum Gasteiger partial charge on any atom is -0.318 e. The van der Waals surface area contributed by atoms with Crippen LogP contribution in [0.5, 0.6) is 0 Å². The van der Waals surface area contributed by atoms with E-state index in [1.54, 1.807) is 12.3 Å². The Morgan fingerprint density at radius 3 is 2.48 bits per heavy atom. The first-order valence-electron chi connectivity index (χ1n) is 10.9. The molecule has 6 heteroatoms. The highest BCUT2D eigenvalue weighted by Crippen LogP contribution is 2.36. The Bertz CT molecular complexity index is 1440. The number of amides is 2. The molecule has 0 radical (unpaired) electrons. The van der Waals surface area contributed by atoms with Crippen LogP contribution < -0.4 is 10.3 Å². The van der Waals surface area contributed by atoms with Crippen LogP contribution in [0.4, 0.5) is 5.69 Å². The van der Waals surface area contributed by atoms with Gasteiger partial charge in [-0.15, -0.1) is 0 Å². The molecule has 0 atom stereocenters. The van der Waals surface area contributed by atoms with E-state index in [0.717, 1.165) is 39.1 Å². The molecule has 0 bridgehead atoms. The molecule has 1 aliphatic rings. The Hall–Kier alpha value is -4.19. The average Bonchev–Trinajstić information content (AvgIpc) is 3.24. The maximum absolute atomic E-state index is 12.9. The lowest BCUT2D eigenvalue weighted by Gasteiger charge is -2.16. The summed E-state index contributed by atoms with van der Waals surface area (Å²) >= 11 is 0. The maximum atomic E-state index is 12.9. The number of aryl methyl sites for hydroxylation is 2. The van der Waals surface area contributed by atoms with E-state index in [1.165, 1.54) is 10.5 Å². The van der Waals surface area contributed by atoms with Crippen molar-refractivity contribution < 1.29 is 9.59 Å². The van der Waals surface area contributed by atoms with Gasteiger partial charge in [-0.1, -0.05) is 42.5 Å². The largest absolute Gasteiger partial charge is 0.318 e. The number of anilines is 1. The second kappa shape index (κ2) is 8.06. The number of rotatable bonds is 5. The van der Waals surface area contributed by atoms with Crippen molar-refractivity contribution in [2.24, 2.45) is 5.10 Å². The van der Waals surface area contributed by atoms with E-state index >= 15 is 0 Å². The summed E-state index contributed by atoms with van der Waals surface area (Å²) in [6, 6.07) is 21.6. The van der Waals surface area contributed by atoms with Crippen LogP contribution in [0.25, 0.3) is 16.5 Å². The summed E-state index contributed by atoms with van der Waals surface area (Å²) in [5, 5.41) is 6.04. The predicted octanol–water partition coefficient (Wildman–Crippen LogP) is 4.67. The van der Waals surface area contributed by atoms with Crippen LogP contribution in [0.2, 0.25) is 0 Å². The number of hydrogen-bond acceptors (Lipinski definition) is 3. The van der Waals surface area contributed by atoms with Crippen LogP contribution in [0.3, 0.4) is 0 Å². The average molecular weight is 437 g/mol. The maximum Gasteiger partial charge on any atom is 0.260 e. The van der Waals surface area contributed by atoms with Crippen LogP contribution in [-0.4, -0.2) is 29.1 Å². The molecule has 0 fully saturated rings. The topological polar surface area (TPSA) is 66.7 Å². The summed E-state index contributed by atoms with van der Waals surface area (Å²) in [5.74, 6) is -0.514. The lowest BCUT2D eigenvalue weighted by atomic mass is 10.1. The Balaban J connectivity index is 1.32. The van der Waals surface area contributed by atoms with Gasteiger partial charge in [-0.3, -0.25) is 14.5 Å². The zero-order valence-corrected chi connectivity index (χ0v) is 18.8. The molecule has 0 saturated heterocycles. The van der Waals surface area contributed by atoms with Crippen molar-refractivity contribution >= 4 is 34.5 Å². The number of para-hydroxylation sites is 1. The van der Waals surface area contributed by atoms with Gasteiger partial charge in [0.1, 0.15) is 6.54 Å². The van der Waals surface area contributed by atoms with Gasteiger partial charge in [0.2, 0.25) is 0 Å².